The maximum absolute atomic E-state index is 13.0. The molecule has 0 saturated carbocycles. The Kier molecular flexibility index (Phi) is 4.52. The van der Waals surface area contributed by atoms with Gasteiger partial charge in [0.05, 0.1) is 0 Å². The minimum atomic E-state index is -0.568. The largest absolute Gasteiger partial charge is 0.366 e. The molecule has 3 rings (SSSR count). The van der Waals surface area contributed by atoms with E-state index in [-0.39, 0.29) is 11.8 Å². The molecule has 1 aliphatic heterocycles. The number of nitrogens with two attached hydrogens (primary N) is 1. The lowest BCUT2D eigenvalue weighted by Crippen LogP contribution is -2.36. The van der Waals surface area contributed by atoms with Gasteiger partial charge in [-0.15, -0.1) is 0 Å². The third kappa shape index (κ3) is 3.38. The number of benzene rings is 2. The van der Waals surface area contributed by atoms with Crippen molar-refractivity contribution >= 4 is 29.1 Å². The highest BCUT2D eigenvalue weighted by molar-refractivity contribution is 6.08. The maximum atomic E-state index is 13.0. The zero-order chi connectivity index (χ0) is 18.0. The van der Waals surface area contributed by atoms with E-state index in [1.165, 1.54) is 13.0 Å². The summed E-state index contributed by atoms with van der Waals surface area (Å²) in [5.41, 5.74) is 8.47. The molecule has 0 aromatic heterocycles. The van der Waals surface area contributed by atoms with E-state index in [1.54, 1.807) is 23.1 Å². The van der Waals surface area contributed by atoms with Crippen LogP contribution in [0.3, 0.4) is 0 Å². The van der Waals surface area contributed by atoms with Crippen molar-refractivity contribution in [2.45, 2.75) is 19.8 Å². The molecule has 0 aliphatic carbocycles. The summed E-state index contributed by atoms with van der Waals surface area (Å²) in [6, 6.07) is 11.9. The first-order chi connectivity index (χ1) is 12.0. The molecule has 0 radical (unpaired) electrons. The van der Waals surface area contributed by atoms with E-state index in [2.05, 4.69) is 5.32 Å². The molecule has 1 aliphatic rings. The number of fused-ring (bicyclic) bond motifs is 1. The Balaban J connectivity index is 1.98. The summed E-state index contributed by atoms with van der Waals surface area (Å²) >= 11 is 0. The number of primary amides is 1. The van der Waals surface area contributed by atoms with Gasteiger partial charge in [0.1, 0.15) is 0 Å². The van der Waals surface area contributed by atoms with Crippen LogP contribution in [0.2, 0.25) is 0 Å². The molecule has 0 fully saturated rings. The van der Waals surface area contributed by atoms with Crippen LogP contribution in [0.15, 0.2) is 42.5 Å². The first-order valence-corrected chi connectivity index (χ1v) is 8.08. The van der Waals surface area contributed by atoms with Gasteiger partial charge in [0.25, 0.3) is 5.91 Å². The standard InChI is InChI=1S/C19H19N3O3/c1-12(23)21-16-8-3-9-17-15(16)7-4-10-22(17)19(25)14-6-2-5-13(11-14)18(20)24/h2-3,5-6,8-9,11H,4,7,10H2,1H3,(H2,20,24)(H,21,23). The average Bonchev–Trinajstić information content (AvgIpc) is 2.60. The highest BCUT2D eigenvalue weighted by Gasteiger charge is 2.25. The van der Waals surface area contributed by atoms with Gasteiger partial charge in [-0.3, -0.25) is 14.4 Å². The van der Waals surface area contributed by atoms with Crippen molar-refractivity contribution in [3.05, 3.63) is 59.2 Å². The van der Waals surface area contributed by atoms with Crippen LogP contribution in [0, 0.1) is 0 Å². The molecular weight excluding hydrogens is 318 g/mol. The van der Waals surface area contributed by atoms with Gasteiger partial charge in [0, 0.05) is 36.0 Å². The monoisotopic (exact) mass is 337 g/mol. The van der Waals surface area contributed by atoms with Gasteiger partial charge >= 0.3 is 0 Å². The average molecular weight is 337 g/mol. The van der Waals surface area contributed by atoms with Crippen molar-refractivity contribution < 1.29 is 14.4 Å². The zero-order valence-electron chi connectivity index (χ0n) is 13.9. The van der Waals surface area contributed by atoms with Crippen LogP contribution in [0.4, 0.5) is 11.4 Å². The summed E-state index contributed by atoms with van der Waals surface area (Å²) in [7, 11) is 0. The van der Waals surface area contributed by atoms with Crippen molar-refractivity contribution in [2.24, 2.45) is 5.73 Å². The molecular formula is C19H19N3O3. The molecule has 25 heavy (non-hydrogen) atoms. The van der Waals surface area contributed by atoms with Gasteiger partial charge in [-0.2, -0.15) is 0 Å². The number of hydrogen-bond acceptors (Lipinski definition) is 3. The molecule has 3 N–H and O–H groups in total. The second-order valence-corrected chi connectivity index (χ2v) is 5.99. The van der Waals surface area contributed by atoms with Crippen LogP contribution >= 0.6 is 0 Å². The van der Waals surface area contributed by atoms with Gasteiger partial charge in [-0.1, -0.05) is 12.1 Å². The van der Waals surface area contributed by atoms with E-state index in [9.17, 15) is 14.4 Å². The molecule has 6 nitrogen and oxygen atoms in total. The lowest BCUT2D eigenvalue weighted by atomic mass is 9.98. The second kappa shape index (κ2) is 6.76. The molecule has 2 aromatic carbocycles. The highest BCUT2D eigenvalue weighted by atomic mass is 16.2. The molecule has 1 heterocycles. The van der Waals surface area contributed by atoms with Crippen molar-refractivity contribution in [1.82, 2.24) is 0 Å². The van der Waals surface area contributed by atoms with Crippen LogP contribution in [0.1, 0.15) is 39.6 Å². The van der Waals surface area contributed by atoms with Crippen LogP contribution < -0.4 is 16.0 Å². The lowest BCUT2D eigenvalue weighted by Gasteiger charge is -2.31. The first-order valence-electron chi connectivity index (χ1n) is 8.08. The molecule has 128 valence electrons. The predicted molar refractivity (Wildman–Crippen MR) is 95.7 cm³/mol. The first kappa shape index (κ1) is 16.7. The third-order valence-corrected chi connectivity index (χ3v) is 4.20. The molecule has 2 aromatic rings. The maximum Gasteiger partial charge on any atom is 0.258 e. The topological polar surface area (TPSA) is 92.5 Å². The number of amides is 3. The molecule has 0 unspecified atom stereocenters. The van der Waals surface area contributed by atoms with Crippen LogP contribution in [-0.2, 0) is 11.2 Å². The van der Waals surface area contributed by atoms with E-state index in [4.69, 9.17) is 5.73 Å². The van der Waals surface area contributed by atoms with Gasteiger partial charge in [-0.05, 0) is 48.7 Å². The van der Waals surface area contributed by atoms with E-state index in [0.29, 0.717) is 17.7 Å². The van der Waals surface area contributed by atoms with Crippen molar-refractivity contribution in [3.8, 4) is 0 Å². The molecule has 3 amide bonds. The Hall–Kier alpha value is -3.15. The van der Waals surface area contributed by atoms with Gasteiger partial charge in [0.15, 0.2) is 0 Å². The van der Waals surface area contributed by atoms with Gasteiger partial charge in [-0.25, -0.2) is 0 Å². The van der Waals surface area contributed by atoms with Crippen molar-refractivity contribution in [1.29, 1.82) is 0 Å². The van der Waals surface area contributed by atoms with Crippen LogP contribution in [0.5, 0.6) is 0 Å². The number of hydrogen-bond donors (Lipinski definition) is 2. The van der Waals surface area contributed by atoms with Crippen molar-refractivity contribution in [3.63, 3.8) is 0 Å². The normalized spacial score (nSPS) is 13.1. The quantitative estimate of drug-likeness (QED) is 0.900. The fourth-order valence-electron chi connectivity index (χ4n) is 3.10. The minimum Gasteiger partial charge on any atom is -0.366 e. The summed E-state index contributed by atoms with van der Waals surface area (Å²) < 4.78 is 0. The van der Waals surface area contributed by atoms with E-state index in [1.807, 2.05) is 18.2 Å². The van der Waals surface area contributed by atoms with Crippen molar-refractivity contribution in [2.75, 3.05) is 16.8 Å². The Labute approximate surface area is 145 Å². The summed E-state index contributed by atoms with van der Waals surface area (Å²) in [4.78, 5) is 37.4. The SMILES string of the molecule is CC(=O)Nc1cccc2c1CCCN2C(=O)c1cccc(C(N)=O)c1. The molecule has 0 atom stereocenters. The smallest absolute Gasteiger partial charge is 0.258 e. The van der Waals surface area contributed by atoms with E-state index >= 15 is 0 Å². The summed E-state index contributed by atoms with van der Waals surface area (Å²) in [6.07, 6.45) is 1.59. The van der Waals surface area contributed by atoms with E-state index < -0.39 is 5.91 Å². The molecule has 0 saturated heterocycles. The minimum absolute atomic E-state index is 0.147. The Morgan fingerprint density at radius 2 is 1.80 bits per heavy atom. The Morgan fingerprint density at radius 1 is 1.08 bits per heavy atom. The third-order valence-electron chi connectivity index (χ3n) is 4.20. The number of nitrogens with one attached hydrogen (secondary N) is 1. The van der Waals surface area contributed by atoms with Crippen LogP contribution in [0.25, 0.3) is 0 Å². The number of carbonyl (C=O) groups is 3. The molecule has 0 spiro atoms. The fraction of sp³-hybridized carbons (Fsp3) is 0.211. The van der Waals surface area contributed by atoms with E-state index in [0.717, 1.165) is 29.8 Å². The molecule has 0 bridgehead atoms. The number of anilines is 2. The Morgan fingerprint density at radius 3 is 2.52 bits per heavy atom. The van der Waals surface area contributed by atoms with Gasteiger partial charge < -0.3 is 16.0 Å². The Bertz CT molecular complexity index is 861. The number of nitrogens with zero attached hydrogens (tertiary/aromatic N) is 1. The molecule has 6 heteroatoms. The van der Waals surface area contributed by atoms with Gasteiger partial charge in [0.2, 0.25) is 11.8 Å². The fourth-order valence-corrected chi connectivity index (χ4v) is 3.10. The highest BCUT2D eigenvalue weighted by Crippen LogP contribution is 2.33. The second-order valence-electron chi connectivity index (χ2n) is 5.99. The zero-order valence-corrected chi connectivity index (χ0v) is 13.9. The summed E-state index contributed by atoms with van der Waals surface area (Å²) in [5, 5.41) is 2.82. The number of rotatable bonds is 3. The lowest BCUT2D eigenvalue weighted by molar-refractivity contribution is -0.114. The summed E-state index contributed by atoms with van der Waals surface area (Å²) in [5.74, 6) is -0.906. The number of carbonyl (C=O) groups excluding carboxylic acids is 3. The summed E-state index contributed by atoms with van der Waals surface area (Å²) in [6.45, 7) is 2.04. The van der Waals surface area contributed by atoms with Crippen LogP contribution in [-0.4, -0.2) is 24.3 Å². The predicted octanol–water partition coefficient (Wildman–Crippen LogP) is 2.34.